The van der Waals surface area contributed by atoms with E-state index in [-0.39, 0.29) is 25.3 Å². The number of hydrogen-bond donors (Lipinski definition) is 2. The molecule has 1 amide bonds. The van der Waals surface area contributed by atoms with Crippen molar-refractivity contribution < 1.29 is 23.8 Å². The van der Waals surface area contributed by atoms with Crippen molar-refractivity contribution in [3.05, 3.63) is 35.7 Å². The van der Waals surface area contributed by atoms with Gasteiger partial charge in [0.2, 0.25) is 0 Å². The van der Waals surface area contributed by atoms with Crippen molar-refractivity contribution in [3.63, 3.8) is 0 Å². The molecule has 0 saturated carbocycles. The minimum absolute atomic E-state index is 0.0838. The highest BCUT2D eigenvalue weighted by Crippen LogP contribution is 2.22. The second kappa shape index (κ2) is 8.38. The van der Waals surface area contributed by atoms with Gasteiger partial charge in [0.1, 0.15) is 23.8 Å². The number of aliphatic hydroxyl groups excluding tert-OH is 1. The lowest BCUT2D eigenvalue weighted by molar-refractivity contribution is 0.0534. The molecule has 0 aromatic heterocycles. The summed E-state index contributed by atoms with van der Waals surface area (Å²) in [6, 6.07) is 4.45. The summed E-state index contributed by atoms with van der Waals surface area (Å²) < 4.78 is 24.1. The largest absolute Gasteiger partial charge is 0.490 e. The molecule has 0 bridgehead atoms. The van der Waals surface area contributed by atoms with E-state index in [2.05, 4.69) is 5.32 Å². The van der Waals surface area contributed by atoms with Crippen molar-refractivity contribution in [3.8, 4) is 5.75 Å². The van der Waals surface area contributed by atoms with Crippen LogP contribution in [0.15, 0.2) is 24.3 Å². The van der Waals surface area contributed by atoms with E-state index in [1.54, 1.807) is 32.9 Å². The number of benzene rings is 1. The smallest absolute Gasteiger partial charge is 0.407 e. The number of halogens is 1. The molecular formula is C16H22FNO4. The Morgan fingerprint density at radius 1 is 1.41 bits per heavy atom. The van der Waals surface area contributed by atoms with Gasteiger partial charge >= 0.3 is 6.09 Å². The summed E-state index contributed by atoms with van der Waals surface area (Å²) in [6.07, 6.45) is 2.57. The van der Waals surface area contributed by atoms with Crippen molar-refractivity contribution in [2.24, 2.45) is 0 Å². The second-order valence-electron chi connectivity index (χ2n) is 5.51. The second-order valence-corrected chi connectivity index (χ2v) is 5.51. The van der Waals surface area contributed by atoms with Crippen LogP contribution in [0.5, 0.6) is 5.75 Å². The van der Waals surface area contributed by atoms with Crippen molar-refractivity contribution >= 4 is 12.2 Å². The van der Waals surface area contributed by atoms with Crippen molar-refractivity contribution in [2.45, 2.75) is 26.4 Å². The minimum atomic E-state index is -0.565. The van der Waals surface area contributed by atoms with Gasteiger partial charge in [-0.05, 0) is 32.9 Å². The molecule has 0 heterocycles. The number of nitrogens with one attached hydrogen (secondary N) is 1. The fourth-order valence-corrected chi connectivity index (χ4v) is 1.59. The molecule has 1 rings (SSSR count). The molecule has 0 unspecified atom stereocenters. The summed E-state index contributed by atoms with van der Waals surface area (Å²) in [5, 5.41) is 11.3. The zero-order chi connectivity index (χ0) is 16.6. The molecular weight excluding hydrogens is 289 g/mol. The molecule has 0 radical (unpaired) electrons. The van der Waals surface area contributed by atoms with Crippen LogP contribution in [0.1, 0.15) is 26.3 Å². The summed E-state index contributed by atoms with van der Waals surface area (Å²) in [5.41, 5.74) is -0.299. The van der Waals surface area contributed by atoms with Gasteiger partial charge in [-0.1, -0.05) is 18.2 Å². The van der Waals surface area contributed by atoms with Gasteiger partial charge in [-0.15, -0.1) is 0 Å². The third-order valence-corrected chi connectivity index (χ3v) is 2.41. The topological polar surface area (TPSA) is 67.8 Å². The van der Waals surface area contributed by atoms with E-state index in [1.807, 2.05) is 0 Å². The van der Waals surface area contributed by atoms with Gasteiger partial charge in [-0.3, -0.25) is 0 Å². The number of amides is 1. The molecule has 0 spiro atoms. The number of hydrogen-bond acceptors (Lipinski definition) is 4. The first-order valence-corrected chi connectivity index (χ1v) is 6.99. The molecule has 1 aromatic rings. The first-order valence-electron chi connectivity index (χ1n) is 6.99. The minimum Gasteiger partial charge on any atom is -0.490 e. The van der Waals surface area contributed by atoms with E-state index in [1.165, 1.54) is 18.2 Å². The van der Waals surface area contributed by atoms with Gasteiger partial charge in [0.05, 0.1) is 12.2 Å². The van der Waals surface area contributed by atoms with Crippen LogP contribution in [0, 0.1) is 5.82 Å². The number of alkyl carbamates (subject to hydrolysis) is 1. The van der Waals surface area contributed by atoms with E-state index in [0.29, 0.717) is 5.75 Å². The average molecular weight is 311 g/mol. The third-order valence-electron chi connectivity index (χ3n) is 2.41. The van der Waals surface area contributed by atoms with Gasteiger partial charge in [0.15, 0.2) is 0 Å². The van der Waals surface area contributed by atoms with Crippen LogP contribution in [-0.2, 0) is 4.74 Å². The first kappa shape index (κ1) is 18.0. The molecule has 22 heavy (non-hydrogen) atoms. The first-order chi connectivity index (χ1) is 10.3. The Morgan fingerprint density at radius 2 is 2.14 bits per heavy atom. The van der Waals surface area contributed by atoms with Crippen LogP contribution in [0.25, 0.3) is 6.08 Å². The molecule has 0 atom stereocenters. The molecule has 1 aromatic carbocycles. The van der Waals surface area contributed by atoms with Crippen molar-refractivity contribution in [1.82, 2.24) is 5.32 Å². The van der Waals surface area contributed by atoms with Crippen LogP contribution < -0.4 is 10.1 Å². The highest BCUT2D eigenvalue weighted by molar-refractivity contribution is 5.68. The number of carbonyl (C=O) groups is 1. The molecule has 5 nitrogen and oxygen atoms in total. The maximum Gasteiger partial charge on any atom is 0.407 e. The average Bonchev–Trinajstić information content (AvgIpc) is 2.41. The van der Waals surface area contributed by atoms with Crippen molar-refractivity contribution in [1.29, 1.82) is 0 Å². The van der Waals surface area contributed by atoms with Crippen LogP contribution in [-0.4, -0.2) is 36.6 Å². The highest BCUT2D eigenvalue weighted by Gasteiger charge is 2.15. The maximum absolute atomic E-state index is 13.8. The van der Waals surface area contributed by atoms with Crippen molar-refractivity contribution in [2.75, 3.05) is 19.8 Å². The number of rotatable bonds is 6. The molecule has 0 saturated heterocycles. The predicted octanol–water partition coefficient (Wildman–Crippen LogP) is 2.73. The number of ether oxygens (including phenoxy) is 2. The van der Waals surface area contributed by atoms with Gasteiger partial charge in [0.25, 0.3) is 0 Å². The SMILES string of the molecule is CC(C)(C)OC(=O)NC/C=C/c1c(F)cccc1OCCO. The van der Waals surface area contributed by atoms with E-state index < -0.39 is 17.5 Å². The monoisotopic (exact) mass is 311 g/mol. The number of carbonyl (C=O) groups excluding carboxylic acids is 1. The lowest BCUT2D eigenvalue weighted by atomic mass is 10.1. The zero-order valence-electron chi connectivity index (χ0n) is 13.1. The van der Waals surface area contributed by atoms with Crippen LogP contribution in [0.4, 0.5) is 9.18 Å². The Morgan fingerprint density at radius 3 is 2.77 bits per heavy atom. The fraction of sp³-hybridized carbons (Fsp3) is 0.438. The molecule has 6 heteroatoms. The summed E-state index contributed by atoms with van der Waals surface area (Å²) in [5.74, 6) is -0.105. The Balaban J connectivity index is 2.61. The summed E-state index contributed by atoms with van der Waals surface area (Å²) in [4.78, 5) is 11.5. The molecule has 0 aliphatic heterocycles. The van der Waals surface area contributed by atoms with E-state index in [0.717, 1.165) is 0 Å². The standard InChI is InChI=1S/C16H22FNO4/c1-16(2,3)22-15(20)18-9-5-6-12-13(17)7-4-8-14(12)21-11-10-19/h4-8,19H,9-11H2,1-3H3,(H,18,20)/b6-5+. The summed E-state index contributed by atoms with van der Waals surface area (Å²) in [6.45, 7) is 5.44. The molecule has 122 valence electrons. The third kappa shape index (κ3) is 6.58. The maximum atomic E-state index is 13.8. The Kier molecular flexibility index (Phi) is 6.85. The Hall–Kier alpha value is -2.08. The van der Waals surface area contributed by atoms with Crippen LogP contribution in [0.2, 0.25) is 0 Å². The van der Waals surface area contributed by atoms with E-state index in [9.17, 15) is 9.18 Å². The van der Waals surface area contributed by atoms with Gasteiger partial charge in [-0.25, -0.2) is 9.18 Å². The zero-order valence-corrected chi connectivity index (χ0v) is 13.1. The lowest BCUT2D eigenvalue weighted by Crippen LogP contribution is -2.32. The number of aliphatic hydroxyl groups is 1. The van der Waals surface area contributed by atoms with Crippen LogP contribution in [0.3, 0.4) is 0 Å². The molecule has 0 aliphatic carbocycles. The predicted molar refractivity (Wildman–Crippen MR) is 82.3 cm³/mol. The molecule has 0 fully saturated rings. The van der Waals surface area contributed by atoms with Gasteiger partial charge < -0.3 is 19.9 Å². The normalized spacial score (nSPS) is 11.5. The molecule has 2 N–H and O–H groups in total. The fourth-order valence-electron chi connectivity index (χ4n) is 1.59. The summed E-state index contributed by atoms with van der Waals surface area (Å²) in [7, 11) is 0. The lowest BCUT2D eigenvalue weighted by Gasteiger charge is -2.19. The van der Waals surface area contributed by atoms with E-state index in [4.69, 9.17) is 14.6 Å². The summed E-state index contributed by atoms with van der Waals surface area (Å²) >= 11 is 0. The molecule has 0 aliphatic rings. The van der Waals surface area contributed by atoms with Gasteiger partial charge in [0, 0.05) is 6.54 Å². The van der Waals surface area contributed by atoms with Crippen LogP contribution >= 0.6 is 0 Å². The quantitative estimate of drug-likeness (QED) is 0.847. The Bertz CT molecular complexity index is 523. The Labute approximate surface area is 129 Å². The van der Waals surface area contributed by atoms with Gasteiger partial charge in [-0.2, -0.15) is 0 Å². The van der Waals surface area contributed by atoms with E-state index >= 15 is 0 Å². The highest BCUT2D eigenvalue weighted by atomic mass is 19.1.